The second-order valence-corrected chi connectivity index (χ2v) is 13.5. The summed E-state index contributed by atoms with van der Waals surface area (Å²) in [6.45, 7) is 5.50. The number of halogens is 5. The van der Waals surface area contributed by atoms with Crippen LogP contribution >= 0.6 is 0 Å². The summed E-state index contributed by atoms with van der Waals surface area (Å²) in [6.07, 6.45) is -2.31. The summed E-state index contributed by atoms with van der Waals surface area (Å²) in [4.78, 5) is 38.7. The molecule has 1 aliphatic carbocycles. The van der Waals surface area contributed by atoms with E-state index in [1.807, 2.05) is 48.5 Å². The summed E-state index contributed by atoms with van der Waals surface area (Å²) in [6, 6.07) is 13.8. The molecule has 0 heterocycles. The molecule has 15 nitrogen and oxygen atoms in total. The lowest BCUT2D eigenvalue weighted by Crippen LogP contribution is -2.48. The molecule has 0 fully saturated rings. The zero-order valence-corrected chi connectivity index (χ0v) is 34.9. The van der Waals surface area contributed by atoms with Crippen molar-refractivity contribution in [3.05, 3.63) is 88.7 Å². The van der Waals surface area contributed by atoms with Gasteiger partial charge in [-0.1, -0.05) is 48.5 Å². The molecule has 3 aromatic carbocycles. The summed E-state index contributed by atoms with van der Waals surface area (Å²) in [5.74, 6) is -16.1. The number of nitrogens with one attached hydrogen (secondary N) is 2. The lowest BCUT2D eigenvalue weighted by molar-refractivity contribution is -0.135. The van der Waals surface area contributed by atoms with E-state index in [4.69, 9.17) is 42.6 Å². The summed E-state index contributed by atoms with van der Waals surface area (Å²) in [7, 11) is 1.61. The monoisotopic (exact) mass is 900 g/mol. The van der Waals surface area contributed by atoms with Crippen LogP contribution in [0.1, 0.15) is 29.9 Å². The number of alkyl carbamates (subject to hydrolysis) is 1. The Morgan fingerprint density at radius 1 is 0.571 bits per heavy atom. The molecular weight excluding hydrogens is 847 g/mol. The van der Waals surface area contributed by atoms with Crippen molar-refractivity contribution < 1.29 is 83.7 Å². The minimum absolute atomic E-state index is 0.0317. The third-order valence-corrected chi connectivity index (χ3v) is 9.18. The van der Waals surface area contributed by atoms with E-state index in [0.717, 1.165) is 22.3 Å². The van der Waals surface area contributed by atoms with Crippen molar-refractivity contribution >= 4 is 18.0 Å². The fraction of sp³-hybridized carbons (Fsp3) is 0.512. The van der Waals surface area contributed by atoms with Crippen LogP contribution < -0.4 is 15.4 Å². The summed E-state index contributed by atoms with van der Waals surface area (Å²) < 4.78 is 122. The first-order valence-electron chi connectivity index (χ1n) is 20.3. The van der Waals surface area contributed by atoms with Crippen molar-refractivity contribution in [1.29, 1.82) is 0 Å². The van der Waals surface area contributed by atoms with E-state index in [2.05, 4.69) is 15.4 Å². The van der Waals surface area contributed by atoms with E-state index in [1.54, 1.807) is 7.11 Å². The highest BCUT2D eigenvalue weighted by Gasteiger charge is 2.31. The van der Waals surface area contributed by atoms with Crippen LogP contribution in [0.3, 0.4) is 0 Å². The molecule has 3 aromatic rings. The molecule has 4 rings (SSSR count). The molecule has 2 N–H and O–H groups in total. The van der Waals surface area contributed by atoms with Crippen LogP contribution in [0.5, 0.6) is 5.75 Å². The van der Waals surface area contributed by atoms with Crippen molar-refractivity contribution in [3.63, 3.8) is 0 Å². The normalized spacial score (nSPS) is 12.5. The number of amides is 2. The average molecular weight is 901 g/mol. The Balaban J connectivity index is 1.11. The molecule has 1 aliphatic rings. The van der Waals surface area contributed by atoms with Gasteiger partial charge in [-0.2, -0.15) is 8.78 Å². The van der Waals surface area contributed by atoms with Gasteiger partial charge in [0, 0.05) is 26.0 Å². The maximum Gasteiger partial charge on any atom is 0.407 e. The first-order chi connectivity index (χ1) is 30.6. The first-order valence-corrected chi connectivity index (χ1v) is 20.3. The topological polar surface area (TPSA) is 168 Å². The van der Waals surface area contributed by atoms with Gasteiger partial charge >= 0.3 is 12.1 Å². The van der Waals surface area contributed by atoms with Crippen molar-refractivity contribution in [3.8, 4) is 16.9 Å². The lowest BCUT2D eigenvalue weighted by Gasteiger charge is -2.20. The van der Waals surface area contributed by atoms with Gasteiger partial charge in [0.25, 0.3) is 0 Å². The van der Waals surface area contributed by atoms with Crippen molar-refractivity contribution in [2.75, 3.05) is 119 Å². The van der Waals surface area contributed by atoms with Gasteiger partial charge in [0.2, 0.25) is 40.7 Å². The molecule has 348 valence electrons. The summed E-state index contributed by atoms with van der Waals surface area (Å²) >= 11 is 0. The smallest absolute Gasteiger partial charge is 0.407 e. The molecular formula is C43H53F5N2O13. The second kappa shape index (κ2) is 28.8. The van der Waals surface area contributed by atoms with E-state index in [9.17, 15) is 36.3 Å². The van der Waals surface area contributed by atoms with Crippen molar-refractivity contribution in [2.24, 2.45) is 0 Å². The third kappa shape index (κ3) is 17.0. The Bertz CT molecular complexity index is 1800. The minimum atomic E-state index is -2.43. The molecule has 0 radical (unpaired) electrons. The largest absolute Gasteiger partial charge is 0.449 e. The Hall–Kier alpha value is -4.80. The van der Waals surface area contributed by atoms with Gasteiger partial charge in [-0.15, -0.1) is 0 Å². The predicted octanol–water partition coefficient (Wildman–Crippen LogP) is 4.85. The second-order valence-electron chi connectivity index (χ2n) is 13.5. The van der Waals surface area contributed by atoms with E-state index in [-0.39, 0.29) is 38.9 Å². The van der Waals surface area contributed by atoms with Crippen LogP contribution in [0, 0.1) is 29.1 Å². The van der Waals surface area contributed by atoms with E-state index in [0.29, 0.717) is 79.3 Å². The molecule has 0 aliphatic heterocycles. The maximum atomic E-state index is 14.1. The van der Waals surface area contributed by atoms with Gasteiger partial charge < -0.3 is 58.0 Å². The van der Waals surface area contributed by atoms with Crippen molar-refractivity contribution in [2.45, 2.75) is 24.8 Å². The van der Waals surface area contributed by atoms with Crippen LogP contribution in [0.4, 0.5) is 26.7 Å². The number of hydrogen-bond acceptors (Lipinski definition) is 13. The average Bonchev–Trinajstić information content (AvgIpc) is 3.61. The standard InChI is InChI=1S/C43H53F5N2O13/c1-54-14-15-56-18-19-58-22-23-60-26-27-61-25-24-59-21-20-57-17-16-55-13-12-49-42(52)34(10-11-35(51)63-41-39(47)37(45)36(44)38(46)40(41)48)50-43(53)62-28-33-31-8-4-2-6-29(31)30-7-3-5-9-32(30)33/h2-9,33-34H,10-28H2,1H3,(H,49,52)(H,50,53)/t34-/m0/s1. The van der Waals surface area contributed by atoms with Crippen LogP contribution in [0.25, 0.3) is 11.1 Å². The zero-order chi connectivity index (χ0) is 45.2. The van der Waals surface area contributed by atoms with E-state index >= 15 is 0 Å². The molecule has 0 spiro atoms. The Kier molecular flexibility index (Phi) is 23.2. The van der Waals surface area contributed by atoms with E-state index < -0.39 is 71.7 Å². The van der Waals surface area contributed by atoms with Crippen LogP contribution in [-0.2, 0) is 52.2 Å². The third-order valence-electron chi connectivity index (χ3n) is 9.18. The number of carbonyl (C=O) groups is 3. The zero-order valence-electron chi connectivity index (χ0n) is 34.9. The molecule has 1 atom stereocenters. The maximum absolute atomic E-state index is 14.1. The fourth-order valence-electron chi connectivity index (χ4n) is 6.09. The Morgan fingerprint density at radius 2 is 0.984 bits per heavy atom. The van der Waals surface area contributed by atoms with Gasteiger partial charge in [-0.05, 0) is 28.7 Å². The molecule has 0 aromatic heterocycles. The molecule has 63 heavy (non-hydrogen) atoms. The predicted molar refractivity (Wildman–Crippen MR) is 214 cm³/mol. The molecule has 20 heteroatoms. The van der Waals surface area contributed by atoms with Crippen molar-refractivity contribution in [1.82, 2.24) is 10.6 Å². The Labute approximate surface area is 361 Å². The molecule has 0 unspecified atom stereocenters. The number of esters is 1. The SMILES string of the molecule is COCCOCCOCCOCCOCCOCCOCCOCCNC(=O)[C@H](CCC(=O)Oc1c(F)c(F)c(F)c(F)c1F)NC(=O)OCC1c2ccccc2-c2ccccc21. The number of rotatable bonds is 32. The minimum Gasteiger partial charge on any atom is -0.449 e. The number of carbonyl (C=O) groups excluding carboxylic acids is 3. The highest BCUT2D eigenvalue weighted by Crippen LogP contribution is 2.44. The molecule has 0 saturated carbocycles. The van der Waals surface area contributed by atoms with Gasteiger partial charge in [-0.25, -0.2) is 18.0 Å². The summed E-state index contributed by atoms with van der Waals surface area (Å²) in [5.41, 5.74) is 3.84. The van der Waals surface area contributed by atoms with Crippen LogP contribution in [0.2, 0.25) is 0 Å². The highest BCUT2D eigenvalue weighted by molar-refractivity contribution is 5.86. The molecule has 0 saturated heterocycles. The highest BCUT2D eigenvalue weighted by atomic mass is 19.2. The lowest BCUT2D eigenvalue weighted by atomic mass is 9.98. The molecule has 2 amide bonds. The van der Waals surface area contributed by atoms with E-state index in [1.165, 1.54) is 0 Å². The van der Waals surface area contributed by atoms with Gasteiger partial charge in [0.1, 0.15) is 12.6 Å². The van der Waals surface area contributed by atoms with Gasteiger partial charge in [-0.3, -0.25) is 9.59 Å². The van der Waals surface area contributed by atoms with Crippen LogP contribution in [-0.4, -0.2) is 143 Å². The van der Waals surface area contributed by atoms with Crippen LogP contribution in [0.15, 0.2) is 48.5 Å². The number of fused-ring (bicyclic) bond motifs is 3. The summed E-state index contributed by atoms with van der Waals surface area (Å²) in [5, 5.41) is 4.93. The number of methoxy groups -OCH3 is 1. The number of ether oxygens (including phenoxy) is 10. The van der Waals surface area contributed by atoms with Gasteiger partial charge in [0.15, 0.2) is 0 Å². The Morgan fingerprint density at radius 3 is 1.44 bits per heavy atom. The van der Waals surface area contributed by atoms with Gasteiger partial charge in [0.05, 0.1) is 99.1 Å². The fourth-order valence-corrected chi connectivity index (χ4v) is 6.09. The number of hydrogen-bond donors (Lipinski definition) is 2. The quantitative estimate of drug-likeness (QED) is 0.0218. The first kappa shape index (κ1) is 50.8. The molecule has 0 bridgehead atoms. The number of benzene rings is 3.